The molecule has 3 rings (SSSR count). The lowest BCUT2D eigenvalue weighted by Gasteiger charge is -2.04. The molecule has 3 aromatic carbocycles. The highest BCUT2D eigenvalue weighted by Crippen LogP contribution is 2.07. The Morgan fingerprint density at radius 2 is 1.12 bits per heavy atom. The van der Waals surface area contributed by atoms with Crippen molar-refractivity contribution in [2.24, 2.45) is 10.2 Å². The van der Waals surface area contributed by atoms with Gasteiger partial charge < -0.3 is 0 Å². The maximum Gasteiger partial charge on any atom is 0.111 e. The van der Waals surface area contributed by atoms with Crippen molar-refractivity contribution < 1.29 is 0 Å². The van der Waals surface area contributed by atoms with Gasteiger partial charge in [-0.05, 0) is 24.3 Å². The number of hydrogen-bond donors (Lipinski definition) is 2. The summed E-state index contributed by atoms with van der Waals surface area (Å²) in [7, 11) is 0. The lowest BCUT2D eigenvalue weighted by atomic mass is 10.1. The third-order valence-electron chi connectivity index (χ3n) is 3.30. The molecule has 4 nitrogen and oxygen atoms in total. The van der Waals surface area contributed by atoms with Gasteiger partial charge in [-0.3, -0.25) is 10.9 Å². The molecule has 0 saturated heterocycles. The molecule has 0 amide bonds. The Morgan fingerprint density at radius 3 is 1.71 bits per heavy atom. The van der Waals surface area contributed by atoms with E-state index in [4.69, 9.17) is 0 Å². The zero-order valence-electron chi connectivity index (χ0n) is 13.1. The van der Waals surface area contributed by atoms with Crippen LogP contribution in [-0.2, 0) is 0 Å². The Morgan fingerprint density at radius 1 is 0.625 bits per heavy atom. The van der Waals surface area contributed by atoms with Gasteiger partial charge in [-0.1, -0.05) is 66.7 Å². The van der Waals surface area contributed by atoms with Crippen LogP contribution < -0.4 is 10.9 Å². The predicted molar refractivity (Wildman–Crippen MR) is 102 cm³/mol. The normalized spacial score (nSPS) is 11.4. The number of para-hydroxylation sites is 2. The van der Waals surface area contributed by atoms with Gasteiger partial charge in [0.25, 0.3) is 0 Å². The number of rotatable bonds is 6. The topological polar surface area (TPSA) is 48.8 Å². The summed E-state index contributed by atoms with van der Waals surface area (Å²) in [6.45, 7) is 0. The van der Waals surface area contributed by atoms with Crippen LogP contribution in [0.15, 0.2) is 101 Å². The molecule has 0 aromatic heterocycles. The zero-order chi connectivity index (χ0) is 16.5. The predicted octanol–water partition coefficient (Wildman–Crippen LogP) is 4.60. The zero-order valence-corrected chi connectivity index (χ0v) is 13.1. The van der Waals surface area contributed by atoms with Crippen LogP contribution in [-0.4, -0.2) is 11.9 Å². The van der Waals surface area contributed by atoms with Crippen molar-refractivity contribution in [2.45, 2.75) is 0 Å². The Bertz CT molecular complexity index is 797. The van der Waals surface area contributed by atoms with Crippen LogP contribution in [0.25, 0.3) is 0 Å². The van der Waals surface area contributed by atoms with Crippen LogP contribution in [0.2, 0.25) is 0 Å². The second kappa shape index (κ2) is 8.29. The molecule has 0 atom stereocenters. The van der Waals surface area contributed by atoms with Gasteiger partial charge in [0.1, 0.15) is 5.71 Å². The molecule has 0 aliphatic heterocycles. The van der Waals surface area contributed by atoms with Crippen LogP contribution in [0.5, 0.6) is 0 Å². The largest absolute Gasteiger partial charge is 0.278 e. The highest BCUT2D eigenvalue weighted by Gasteiger charge is 2.00. The average Bonchev–Trinajstić information content (AvgIpc) is 2.67. The number of nitrogens with one attached hydrogen (secondary N) is 2. The molecule has 0 spiro atoms. The molecule has 0 radical (unpaired) electrons. The smallest absolute Gasteiger partial charge is 0.111 e. The number of benzene rings is 3. The molecule has 0 saturated carbocycles. The van der Waals surface area contributed by atoms with E-state index in [9.17, 15) is 0 Å². The van der Waals surface area contributed by atoms with Gasteiger partial charge in [-0.25, -0.2) is 0 Å². The fourth-order valence-electron chi connectivity index (χ4n) is 2.09. The first-order chi connectivity index (χ1) is 11.9. The van der Waals surface area contributed by atoms with Crippen molar-refractivity contribution >= 4 is 23.3 Å². The molecule has 4 heteroatoms. The van der Waals surface area contributed by atoms with E-state index in [0.717, 1.165) is 22.6 Å². The minimum atomic E-state index is 0.739. The molecular formula is C20H18N4. The van der Waals surface area contributed by atoms with Crippen molar-refractivity contribution in [1.82, 2.24) is 0 Å². The molecule has 3 aromatic rings. The average molecular weight is 314 g/mol. The molecule has 0 fully saturated rings. The van der Waals surface area contributed by atoms with Gasteiger partial charge in [0.15, 0.2) is 0 Å². The standard InChI is InChI=1S/C20H18N4/c1-4-10-17(11-5-1)20(24-23-19-14-8-3-9-15-19)16-21-22-18-12-6-2-7-13-18/h1-16,22-23H/b21-16+,24-20-. The molecule has 24 heavy (non-hydrogen) atoms. The maximum absolute atomic E-state index is 4.47. The molecule has 0 bridgehead atoms. The number of nitrogens with zero attached hydrogens (tertiary/aromatic N) is 2. The molecule has 0 heterocycles. The highest BCUT2D eigenvalue weighted by molar-refractivity contribution is 6.38. The van der Waals surface area contributed by atoms with E-state index in [2.05, 4.69) is 21.1 Å². The van der Waals surface area contributed by atoms with Gasteiger partial charge >= 0.3 is 0 Å². The van der Waals surface area contributed by atoms with Crippen LogP contribution in [0.1, 0.15) is 5.56 Å². The van der Waals surface area contributed by atoms with Crippen molar-refractivity contribution in [2.75, 3.05) is 10.9 Å². The summed E-state index contributed by atoms with van der Waals surface area (Å²) in [5.41, 5.74) is 9.64. The Labute approximate surface area is 141 Å². The molecule has 0 aliphatic carbocycles. The Hall–Kier alpha value is -3.40. The fraction of sp³-hybridized carbons (Fsp3) is 0. The maximum atomic E-state index is 4.47. The van der Waals surface area contributed by atoms with Gasteiger partial charge in [0.05, 0.1) is 17.6 Å². The lowest BCUT2D eigenvalue weighted by molar-refractivity contribution is 1.33. The van der Waals surface area contributed by atoms with Crippen molar-refractivity contribution in [3.8, 4) is 0 Å². The van der Waals surface area contributed by atoms with E-state index in [1.54, 1.807) is 6.21 Å². The molecule has 0 aliphatic rings. The molecule has 0 unspecified atom stereocenters. The molecule has 118 valence electrons. The number of hydrogen-bond acceptors (Lipinski definition) is 4. The number of hydrazone groups is 2. The van der Waals surface area contributed by atoms with Gasteiger partial charge in [-0.15, -0.1) is 0 Å². The van der Waals surface area contributed by atoms with E-state index >= 15 is 0 Å². The third kappa shape index (κ3) is 4.55. The highest BCUT2D eigenvalue weighted by atomic mass is 15.3. The van der Waals surface area contributed by atoms with Crippen molar-refractivity contribution in [1.29, 1.82) is 0 Å². The Balaban J connectivity index is 1.77. The van der Waals surface area contributed by atoms with E-state index in [-0.39, 0.29) is 0 Å². The fourth-order valence-corrected chi connectivity index (χ4v) is 2.09. The Kier molecular flexibility index (Phi) is 5.35. The second-order valence-corrected chi connectivity index (χ2v) is 5.08. The minimum absolute atomic E-state index is 0.739. The van der Waals surface area contributed by atoms with Crippen LogP contribution in [0.4, 0.5) is 11.4 Å². The van der Waals surface area contributed by atoms with E-state index in [0.29, 0.717) is 0 Å². The van der Waals surface area contributed by atoms with E-state index < -0.39 is 0 Å². The first-order valence-electron chi connectivity index (χ1n) is 7.70. The monoisotopic (exact) mass is 314 g/mol. The summed E-state index contributed by atoms with van der Waals surface area (Å²) in [4.78, 5) is 0. The molecule has 2 N–H and O–H groups in total. The summed E-state index contributed by atoms with van der Waals surface area (Å²) in [6.07, 6.45) is 1.71. The number of anilines is 2. The summed E-state index contributed by atoms with van der Waals surface area (Å²) < 4.78 is 0. The summed E-state index contributed by atoms with van der Waals surface area (Å²) >= 11 is 0. The van der Waals surface area contributed by atoms with Crippen LogP contribution >= 0.6 is 0 Å². The van der Waals surface area contributed by atoms with Crippen molar-refractivity contribution in [3.63, 3.8) is 0 Å². The van der Waals surface area contributed by atoms with E-state index in [1.807, 2.05) is 91.0 Å². The summed E-state index contributed by atoms with van der Waals surface area (Å²) in [5, 5.41) is 8.76. The van der Waals surface area contributed by atoms with Gasteiger partial charge in [-0.2, -0.15) is 10.2 Å². The molecular weight excluding hydrogens is 296 g/mol. The van der Waals surface area contributed by atoms with Gasteiger partial charge in [0.2, 0.25) is 0 Å². The van der Waals surface area contributed by atoms with Crippen molar-refractivity contribution in [3.05, 3.63) is 96.6 Å². The lowest BCUT2D eigenvalue weighted by Crippen LogP contribution is -2.07. The SMILES string of the molecule is C(=N\Nc1ccccc1)/C(=N/Nc1ccccc1)c1ccccc1. The van der Waals surface area contributed by atoms with Gasteiger partial charge in [0, 0.05) is 5.56 Å². The first kappa shape index (κ1) is 15.5. The first-order valence-corrected chi connectivity index (χ1v) is 7.70. The van der Waals surface area contributed by atoms with Crippen LogP contribution in [0, 0.1) is 0 Å². The third-order valence-corrected chi connectivity index (χ3v) is 3.30. The van der Waals surface area contributed by atoms with Crippen LogP contribution in [0.3, 0.4) is 0 Å². The minimum Gasteiger partial charge on any atom is -0.278 e. The summed E-state index contributed by atoms with van der Waals surface area (Å²) in [6, 6.07) is 29.6. The van der Waals surface area contributed by atoms with E-state index in [1.165, 1.54) is 0 Å². The quantitative estimate of drug-likeness (QED) is 0.516. The summed E-state index contributed by atoms with van der Waals surface area (Å²) in [5.74, 6) is 0. The second-order valence-electron chi connectivity index (χ2n) is 5.08.